The summed E-state index contributed by atoms with van der Waals surface area (Å²) in [6.45, 7) is 1.62. The van der Waals surface area contributed by atoms with Crippen LogP contribution in [0.15, 0.2) is 40.6 Å². The summed E-state index contributed by atoms with van der Waals surface area (Å²) in [7, 11) is 1.55. The molecular weight excluding hydrogens is 372 g/mol. The number of nitrogens with zero attached hydrogens (tertiary/aromatic N) is 1. The number of imide groups is 1. The van der Waals surface area contributed by atoms with Gasteiger partial charge in [0, 0.05) is 10.6 Å². The van der Waals surface area contributed by atoms with Crippen molar-refractivity contribution in [2.75, 3.05) is 19.0 Å². The van der Waals surface area contributed by atoms with Gasteiger partial charge in [0.2, 0.25) is 5.91 Å². The van der Waals surface area contributed by atoms with Crippen molar-refractivity contribution in [3.63, 3.8) is 0 Å². The van der Waals surface area contributed by atoms with Gasteiger partial charge < -0.3 is 10.1 Å². The molecular formula is C18H16N2O4S2. The standard InChI is InChI=1S/C18H16N2O4S2/c1-11-7-8-25-14(11)9-15-17(22)20(18(23)26-15)10-16(21)19-12-3-5-13(24-2)6-4-12/h3-9H,10H2,1-2H3,(H,19,21)/b15-9-. The largest absolute Gasteiger partial charge is 0.497 e. The minimum atomic E-state index is -0.447. The maximum Gasteiger partial charge on any atom is 0.294 e. The van der Waals surface area contributed by atoms with Gasteiger partial charge in [-0.25, -0.2) is 0 Å². The monoisotopic (exact) mass is 388 g/mol. The Bertz CT molecular complexity index is 887. The average Bonchev–Trinajstić information content (AvgIpc) is 3.14. The number of thiophene rings is 1. The number of aryl methyl sites for hydroxylation is 1. The lowest BCUT2D eigenvalue weighted by Gasteiger charge is -2.12. The number of amides is 3. The summed E-state index contributed by atoms with van der Waals surface area (Å²) < 4.78 is 5.05. The third-order valence-corrected chi connectivity index (χ3v) is 5.59. The summed E-state index contributed by atoms with van der Waals surface area (Å²) in [5, 5.41) is 4.14. The highest BCUT2D eigenvalue weighted by atomic mass is 32.2. The molecule has 2 aromatic rings. The Labute approximate surface area is 158 Å². The Morgan fingerprint density at radius 1 is 1.23 bits per heavy atom. The van der Waals surface area contributed by atoms with Crippen LogP contribution in [-0.2, 0) is 9.59 Å². The van der Waals surface area contributed by atoms with Gasteiger partial charge in [-0.1, -0.05) is 0 Å². The molecule has 0 spiro atoms. The number of benzene rings is 1. The van der Waals surface area contributed by atoms with Gasteiger partial charge in [0.05, 0.1) is 12.0 Å². The average molecular weight is 388 g/mol. The summed E-state index contributed by atoms with van der Waals surface area (Å²) >= 11 is 2.35. The minimum Gasteiger partial charge on any atom is -0.497 e. The van der Waals surface area contributed by atoms with Crippen molar-refractivity contribution in [3.05, 3.63) is 51.1 Å². The van der Waals surface area contributed by atoms with Crippen molar-refractivity contribution in [2.45, 2.75) is 6.92 Å². The smallest absolute Gasteiger partial charge is 0.294 e. The second-order valence-electron chi connectivity index (χ2n) is 5.51. The summed E-state index contributed by atoms with van der Waals surface area (Å²) in [6.07, 6.45) is 1.70. The zero-order valence-electron chi connectivity index (χ0n) is 14.1. The Kier molecular flexibility index (Phi) is 5.43. The number of ether oxygens (including phenoxy) is 1. The van der Waals surface area contributed by atoms with Gasteiger partial charge in [-0.3, -0.25) is 19.3 Å². The number of carbonyl (C=O) groups is 3. The van der Waals surface area contributed by atoms with Gasteiger partial charge in [0.25, 0.3) is 11.1 Å². The van der Waals surface area contributed by atoms with E-state index in [1.165, 1.54) is 11.3 Å². The first-order valence-corrected chi connectivity index (χ1v) is 9.41. The number of rotatable bonds is 5. The molecule has 1 aliphatic rings. The number of anilines is 1. The number of hydrogen-bond donors (Lipinski definition) is 1. The van der Waals surface area contributed by atoms with Crippen LogP contribution in [0.2, 0.25) is 0 Å². The van der Waals surface area contributed by atoms with Gasteiger partial charge in [0.15, 0.2) is 0 Å². The van der Waals surface area contributed by atoms with Crippen LogP contribution in [0.25, 0.3) is 6.08 Å². The van der Waals surface area contributed by atoms with E-state index in [9.17, 15) is 14.4 Å². The fourth-order valence-corrected chi connectivity index (χ4v) is 4.06. The second-order valence-corrected chi connectivity index (χ2v) is 7.45. The van der Waals surface area contributed by atoms with E-state index in [1.54, 1.807) is 37.5 Å². The number of carbonyl (C=O) groups excluding carboxylic acids is 3. The number of nitrogens with one attached hydrogen (secondary N) is 1. The highest BCUT2D eigenvalue weighted by Crippen LogP contribution is 2.33. The maximum atomic E-state index is 12.4. The number of hydrogen-bond acceptors (Lipinski definition) is 6. The van der Waals surface area contributed by atoms with E-state index < -0.39 is 17.1 Å². The normalized spacial score (nSPS) is 15.6. The molecule has 1 N–H and O–H groups in total. The van der Waals surface area contributed by atoms with Crippen molar-refractivity contribution < 1.29 is 19.1 Å². The molecule has 134 valence electrons. The summed E-state index contributed by atoms with van der Waals surface area (Å²) in [4.78, 5) is 39.0. The third kappa shape index (κ3) is 3.97. The Morgan fingerprint density at radius 3 is 2.58 bits per heavy atom. The van der Waals surface area contributed by atoms with Crippen LogP contribution >= 0.6 is 23.1 Å². The third-order valence-electron chi connectivity index (χ3n) is 3.71. The molecule has 1 aliphatic heterocycles. The lowest BCUT2D eigenvalue weighted by Crippen LogP contribution is -2.36. The van der Waals surface area contributed by atoms with Crippen LogP contribution in [0.1, 0.15) is 10.4 Å². The maximum absolute atomic E-state index is 12.4. The fourth-order valence-electron chi connectivity index (χ4n) is 2.31. The molecule has 3 rings (SSSR count). The molecule has 8 heteroatoms. The van der Waals surface area contributed by atoms with Crippen LogP contribution in [-0.4, -0.2) is 35.6 Å². The summed E-state index contributed by atoms with van der Waals surface area (Å²) in [5.41, 5.74) is 1.60. The van der Waals surface area contributed by atoms with Gasteiger partial charge >= 0.3 is 0 Å². The topological polar surface area (TPSA) is 75.7 Å². The molecule has 26 heavy (non-hydrogen) atoms. The summed E-state index contributed by atoms with van der Waals surface area (Å²) in [5.74, 6) is -0.216. The summed E-state index contributed by atoms with van der Waals surface area (Å²) in [6, 6.07) is 8.74. The minimum absolute atomic E-state index is 0.322. The number of thioether (sulfide) groups is 1. The first-order chi connectivity index (χ1) is 12.5. The second kappa shape index (κ2) is 7.76. The van der Waals surface area contributed by atoms with Gasteiger partial charge in [0.1, 0.15) is 12.3 Å². The van der Waals surface area contributed by atoms with Crippen molar-refractivity contribution in [2.24, 2.45) is 0 Å². The van der Waals surface area contributed by atoms with Crippen LogP contribution in [0.5, 0.6) is 5.75 Å². The SMILES string of the molecule is COc1ccc(NC(=O)CN2C(=O)S/C(=C\c3sccc3C)C2=O)cc1. The van der Waals surface area contributed by atoms with Crippen molar-refractivity contribution in [1.29, 1.82) is 0 Å². The van der Waals surface area contributed by atoms with Crippen LogP contribution in [0.3, 0.4) is 0 Å². The fraction of sp³-hybridized carbons (Fsp3) is 0.167. The molecule has 2 heterocycles. The van der Waals surface area contributed by atoms with Gasteiger partial charge in [-0.15, -0.1) is 11.3 Å². The van der Waals surface area contributed by atoms with E-state index in [2.05, 4.69) is 5.32 Å². The van der Waals surface area contributed by atoms with E-state index >= 15 is 0 Å². The Hall–Kier alpha value is -2.58. The Morgan fingerprint density at radius 2 is 1.96 bits per heavy atom. The molecule has 1 saturated heterocycles. The predicted octanol–water partition coefficient (Wildman–Crippen LogP) is 3.74. The predicted molar refractivity (Wildman–Crippen MR) is 103 cm³/mol. The van der Waals surface area contributed by atoms with Gasteiger partial charge in [-0.2, -0.15) is 0 Å². The lowest BCUT2D eigenvalue weighted by atomic mass is 10.2. The molecule has 1 aromatic carbocycles. The molecule has 0 unspecified atom stereocenters. The molecule has 0 atom stereocenters. The van der Waals surface area contributed by atoms with Crippen molar-refractivity contribution >= 4 is 51.9 Å². The molecule has 1 aromatic heterocycles. The van der Waals surface area contributed by atoms with Crippen molar-refractivity contribution in [1.82, 2.24) is 4.90 Å². The molecule has 0 aliphatic carbocycles. The number of methoxy groups -OCH3 is 1. The molecule has 0 radical (unpaired) electrons. The van der Waals surface area contributed by atoms with E-state index in [1.807, 2.05) is 18.4 Å². The molecule has 1 fully saturated rings. The van der Waals surface area contributed by atoms with E-state index in [-0.39, 0.29) is 6.54 Å². The lowest BCUT2D eigenvalue weighted by molar-refractivity contribution is -0.127. The van der Waals surface area contributed by atoms with Crippen LogP contribution in [0, 0.1) is 6.92 Å². The molecule has 6 nitrogen and oxygen atoms in total. The zero-order chi connectivity index (χ0) is 18.7. The first-order valence-electron chi connectivity index (χ1n) is 7.71. The first kappa shape index (κ1) is 18.2. The highest BCUT2D eigenvalue weighted by Gasteiger charge is 2.36. The quantitative estimate of drug-likeness (QED) is 0.790. The molecule has 3 amide bonds. The molecule has 0 saturated carbocycles. The van der Waals surface area contributed by atoms with Crippen molar-refractivity contribution in [3.8, 4) is 5.75 Å². The van der Waals surface area contributed by atoms with E-state index in [4.69, 9.17) is 4.74 Å². The van der Waals surface area contributed by atoms with Crippen LogP contribution in [0.4, 0.5) is 10.5 Å². The van der Waals surface area contributed by atoms with E-state index in [0.717, 1.165) is 27.1 Å². The highest BCUT2D eigenvalue weighted by molar-refractivity contribution is 8.18. The zero-order valence-corrected chi connectivity index (χ0v) is 15.8. The molecule has 0 bridgehead atoms. The van der Waals surface area contributed by atoms with E-state index in [0.29, 0.717) is 16.3 Å². The van der Waals surface area contributed by atoms with Crippen LogP contribution < -0.4 is 10.1 Å². The Balaban J connectivity index is 1.66. The van der Waals surface area contributed by atoms with Gasteiger partial charge in [-0.05, 0) is 66.0 Å².